The second kappa shape index (κ2) is 5.78. The van der Waals surface area contributed by atoms with Crippen molar-refractivity contribution in [3.05, 3.63) is 35.4 Å². The van der Waals surface area contributed by atoms with Crippen LogP contribution < -0.4 is 5.73 Å². The summed E-state index contributed by atoms with van der Waals surface area (Å²) in [7, 11) is 0. The number of hydrogen-bond donors (Lipinski definition) is 2. The molecule has 0 heterocycles. The van der Waals surface area contributed by atoms with Gasteiger partial charge in [0, 0.05) is 0 Å². The predicted molar refractivity (Wildman–Crippen MR) is 59.2 cm³/mol. The van der Waals surface area contributed by atoms with Gasteiger partial charge in [0.25, 0.3) is 0 Å². The molecule has 1 atom stereocenters. The molecular weight excluding hydrogens is 174 g/mol. The molecule has 0 fully saturated rings. The van der Waals surface area contributed by atoms with Gasteiger partial charge >= 0.3 is 0 Å². The Hall–Kier alpha value is -0.860. The minimum Gasteiger partial charge on any atom is -0.393 e. The Bertz CT molecular complexity index is 273. The van der Waals surface area contributed by atoms with E-state index in [0.717, 1.165) is 6.42 Å². The van der Waals surface area contributed by atoms with Crippen LogP contribution in [0.3, 0.4) is 0 Å². The zero-order chi connectivity index (χ0) is 10.4. The zero-order valence-electron chi connectivity index (χ0n) is 8.74. The van der Waals surface area contributed by atoms with Crippen LogP contribution in [0.5, 0.6) is 0 Å². The van der Waals surface area contributed by atoms with Gasteiger partial charge in [-0.1, -0.05) is 31.2 Å². The fourth-order valence-electron chi connectivity index (χ4n) is 1.54. The molecule has 1 aromatic carbocycles. The fraction of sp³-hybridized carbons (Fsp3) is 0.500. The van der Waals surface area contributed by atoms with Gasteiger partial charge in [-0.15, -0.1) is 0 Å². The first-order valence-corrected chi connectivity index (χ1v) is 5.22. The Labute approximate surface area is 85.8 Å². The lowest BCUT2D eigenvalue weighted by atomic mass is 10.0. The minimum atomic E-state index is -0.299. The molecule has 0 aromatic heterocycles. The molecule has 2 nitrogen and oxygen atoms in total. The number of aliphatic hydroxyl groups is 1. The Kier molecular flexibility index (Phi) is 4.63. The van der Waals surface area contributed by atoms with E-state index in [-0.39, 0.29) is 6.10 Å². The van der Waals surface area contributed by atoms with Gasteiger partial charge in [-0.2, -0.15) is 0 Å². The largest absolute Gasteiger partial charge is 0.393 e. The van der Waals surface area contributed by atoms with Crippen LogP contribution in [-0.2, 0) is 12.8 Å². The molecule has 0 spiro atoms. The van der Waals surface area contributed by atoms with Crippen molar-refractivity contribution >= 4 is 0 Å². The fourth-order valence-corrected chi connectivity index (χ4v) is 1.54. The summed E-state index contributed by atoms with van der Waals surface area (Å²) in [6.07, 6.45) is 2.13. The molecule has 0 aliphatic heterocycles. The second-order valence-electron chi connectivity index (χ2n) is 3.61. The molecule has 0 saturated carbocycles. The number of aryl methyl sites for hydroxylation is 1. The van der Waals surface area contributed by atoms with Crippen LogP contribution in [0, 0.1) is 0 Å². The van der Waals surface area contributed by atoms with E-state index in [1.54, 1.807) is 0 Å². The quantitative estimate of drug-likeness (QED) is 0.744. The summed E-state index contributed by atoms with van der Waals surface area (Å²) in [4.78, 5) is 0. The molecule has 78 valence electrons. The summed E-state index contributed by atoms with van der Waals surface area (Å²) in [6.45, 7) is 2.68. The van der Waals surface area contributed by atoms with Crippen molar-refractivity contribution in [1.82, 2.24) is 0 Å². The number of rotatable bonds is 5. The van der Waals surface area contributed by atoms with Gasteiger partial charge in [0.1, 0.15) is 0 Å². The van der Waals surface area contributed by atoms with Crippen molar-refractivity contribution in [2.24, 2.45) is 5.73 Å². The van der Waals surface area contributed by atoms with E-state index in [1.165, 1.54) is 11.1 Å². The first-order chi connectivity index (χ1) is 6.76. The monoisotopic (exact) mass is 193 g/mol. The molecule has 1 unspecified atom stereocenters. The molecule has 14 heavy (non-hydrogen) atoms. The van der Waals surface area contributed by atoms with Crippen LogP contribution in [-0.4, -0.2) is 17.8 Å². The molecule has 0 aliphatic rings. The molecule has 0 bridgehead atoms. The predicted octanol–water partition coefficient (Wildman–Crippen LogP) is 1.50. The van der Waals surface area contributed by atoms with Gasteiger partial charge < -0.3 is 10.8 Å². The highest BCUT2D eigenvalue weighted by molar-refractivity contribution is 5.23. The van der Waals surface area contributed by atoms with Crippen LogP contribution in [0.25, 0.3) is 0 Å². The zero-order valence-corrected chi connectivity index (χ0v) is 8.74. The summed E-state index contributed by atoms with van der Waals surface area (Å²) in [5.74, 6) is 0. The molecule has 2 heteroatoms. The van der Waals surface area contributed by atoms with Crippen molar-refractivity contribution in [2.75, 3.05) is 6.54 Å². The van der Waals surface area contributed by atoms with E-state index in [4.69, 9.17) is 5.73 Å². The summed E-state index contributed by atoms with van der Waals surface area (Å²) < 4.78 is 0. The molecule has 0 saturated heterocycles. The lowest BCUT2D eigenvalue weighted by Gasteiger charge is -2.09. The summed E-state index contributed by atoms with van der Waals surface area (Å²) in [6, 6.07) is 8.36. The lowest BCUT2D eigenvalue weighted by molar-refractivity contribution is 0.167. The lowest BCUT2D eigenvalue weighted by Crippen LogP contribution is -2.15. The van der Waals surface area contributed by atoms with E-state index < -0.39 is 0 Å². The van der Waals surface area contributed by atoms with Crippen molar-refractivity contribution < 1.29 is 5.11 Å². The van der Waals surface area contributed by atoms with Gasteiger partial charge in [0.05, 0.1) is 6.10 Å². The minimum absolute atomic E-state index is 0.299. The van der Waals surface area contributed by atoms with Crippen molar-refractivity contribution in [2.45, 2.75) is 32.3 Å². The molecule has 0 amide bonds. The Morgan fingerprint density at radius 1 is 1.36 bits per heavy atom. The average Bonchev–Trinajstić information content (AvgIpc) is 2.18. The van der Waals surface area contributed by atoms with Crippen molar-refractivity contribution in [3.8, 4) is 0 Å². The van der Waals surface area contributed by atoms with E-state index >= 15 is 0 Å². The number of nitrogens with two attached hydrogens (primary N) is 1. The third kappa shape index (κ3) is 3.48. The highest BCUT2D eigenvalue weighted by Crippen LogP contribution is 2.09. The maximum Gasteiger partial charge on any atom is 0.0592 e. The van der Waals surface area contributed by atoms with Gasteiger partial charge in [-0.25, -0.2) is 0 Å². The van der Waals surface area contributed by atoms with E-state index in [1.807, 2.05) is 6.07 Å². The molecule has 3 N–H and O–H groups in total. The highest BCUT2D eigenvalue weighted by Gasteiger charge is 2.04. The van der Waals surface area contributed by atoms with Crippen LogP contribution >= 0.6 is 0 Å². The molecular formula is C12H19NO. The smallest absolute Gasteiger partial charge is 0.0592 e. The van der Waals surface area contributed by atoms with Crippen molar-refractivity contribution in [3.63, 3.8) is 0 Å². The van der Waals surface area contributed by atoms with Crippen LogP contribution in [0.4, 0.5) is 0 Å². The first kappa shape index (κ1) is 11.2. The highest BCUT2D eigenvalue weighted by atomic mass is 16.3. The van der Waals surface area contributed by atoms with E-state index in [9.17, 15) is 5.11 Å². The van der Waals surface area contributed by atoms with Gasteiger partial charge in [-0.05, 0) is 36.9 Å². The van der Waals surface area contributed by atoms with Crippen LogP contribution in [0.2, 0.25) is 0 Å². The molecule has 1 aromatic rings. The maximum atomic E-state index is 9.59. The third-order valence-electron chi connectivity index (χ3n) is 2.37. The average molecular weight is 193 g/mol. The Morgan fingerprint density at radius 2 is 2.07 bits per heavy atom. The van der Waals surface area contributed by atoms with Gasteiger partial charge in [-0.3, -0.25) is 0 Å². The van der Waals surface area contributed by atoms with Crippen molar-refractivity contribution in [1.29, 1.82) is 0 Å². The normalized spacial score (nSPS) is 12.8. The maximum absolute atomic E-state index is 9.59. The van der Waals surface area contributed by atoms with Crippen LogP contribution in [0.1, 0.15) is 24.5 Å². The Morgan fingerprint density at radius 3 is 2.71 bits per heavy atom. The summed E-state index contributed by atoms with van der Waals surface area (Å²) >= 11 is 0. The third-order valence-corrected chi connectivity index (χ3v) is 2.37. The standard InChI is InChI=1S/C12H19NO/c1-2-10-4-3-5-11(8-10)9-12(14)6-7-13/h3-5,8,12,14H,2,6-7,9,13H2,1H3. The Balaban J connectivity index is 2.57. The number of aliphatic hydroxyl groups excluding tert-OH is 1. The number of benzene rings is 1. The van der Waals surface area contributed by atoms with Crippen LogP contribution in [0.15, 0.2) is 24.3 Å². The SMILES string of the molecule is CCc1cccc(CC(O)CCN)c1. The second-order valence-corrected chi connectivity index (χ2v) is 3.61. The van der Waals surface area contributed by atoms with Gasteiger partial charge in [0.15, 0.2) is 0 Å². The topological polar surface area (TPSA) is 46.2 Å². The number of hydrogen-bond acceptors (Lipinski definition) is 2. The molecule has 0 aliphatic carbocycles. The summed E-state index contributed by atoms with van der Waals surface area (Å²) in [5.41, 5.74) is 7.90. The van der Waals surface area contributed by atoms with E-state index in [2.05, 4.69) is 25.1 Å². The van der Waals surface area contributed by atoms with E-state index in [0.29, 0.717) is 19.4 Å². The summed E-state index contributed by atoms with van der Waals surface area (Å²) in [5, 5.41) is 9.59. The molecule has 0 radical (unpaired) electrons. The molecule has 1 rings (SSSR count). The van der Waals surface area contributed by atoms with Gasteiger partial charge in [0.2, 0.25) is 0 Å². The first-order valence-electron chi connectivity index (χ1n) is 5.22.